The topological polar surface area (TPSA) is 42.7 Å². The highest BCUT2D eigenvalue weighted by Crippen LogP contribution is 2.18. The lowest BCUT2D eigenvalue weighted by atomic mass is 10.1. The van der Waals surface area contributed by atoms with Gasteiger partial charge in [-0.05, 0) is 38.5 Å². The van der Waals surface area contributed by atoms with Crippen LogP contribution in [0.2, 0.25) is 0 Å². The van der Waals surface area contributed by atoms with Gasteiger partial charge in [0.05, 0.1) is 6.20 Å². The Bertz CT molecular complexity index is 478. The van der Waals surface area contributed by atoms with Crippen molar-refractivity contribution in [2.45, 2.75) is 39.4 Å². The van der Waals surface area contributed by atoms with E-state index in [9.17, 15) is 0 Å². The molecule has 1 unspecified atom stereocenters. The molecule has 2 heterocycles. The summed E-state index contributed by atoms with van der Waals surface area (Å²) in [6.45, 7) is 7.33. The predicted molar refractivity (Wildman–Crippen MR) is 72.1 cm³/mol. The van der Waals surface area contributed by atoms with Crippen LogP contribution in [-0.4, -0.2) is 14.8 Å². The number of hydrogen-bond acceptors (Lipinski definition) is 3. The van der Waals surface area contributed by atoms with Crippen molar-refractivity contribution in [3.05, 3.63) is 48.0 Å². The van der Waals surface area contributed by atoms with Crippen LogP contribution in [0.15, 0.2) is 36.9 Å². The number of rotatable bonds is 5. The second-order valence-corrected chi connectivity index (χ2v) is 4.52. The fourth-order valence-electron chi connectivity index (χ4n) is 2.00. The average Bonchev–Trinajstić information content (AvgIpc) is 2.88. The minimum absolute atomic E-state index is 0.286. The molecule has 0 aromatic carbocycles. The summed E-state index contributed by atoms with van der Waals surface area (Å²) in [4.78, 5) is 4.04. The molecule has 1 N–H and O–H groups in total. The molecule has 2 aromatic rings. The van der Waals surface area contributed by atoms with E-state index in [1.165, 1.54) is 11.1 Å². The van der Waals surface area contributed by atoms with E-state index < -0.39 is 0 Å². The smallest absolute Gasteiger partial charge is 0.0537 e. The zero-order valence-electron chi connectivity index (χ0n) is 11.2. The third-order valence-electron chi connectivity index (χ3n) is 3.18. The third-order valence-corrected chi connectivity index (χ3v) is 3.18. The Morgan fingerprint density at radius 3 is 2.44 bits per heavy atom. The van der Waals surface area contributed by atoms with Crippen LogP contribution >= 0.6 is 0 Å². The molecule has 96 valence electrons. The van der Waals surface area contributed by atoms with E-state index in [4.69, 9.17) is 0 Å². The molecule has 0 saturated carbocycles. The number of pyridine rings is 1. The van der Waals surface area contributed by atoms with Gasteiger partial charge in [0, 0.05) is 42.8 Å². The van der Waals surface area contributed by atoms with E-state index in [0.29, 0.717) is 6.04 Å². The number of nitrogens with zero attached hydrogens (tertiary/aromatic N) is 3. The molecule has 18 heavy (non-hydrogen) atoms. The summed E-state index contributed by atoms with van der Waals surface area (Å²) < 4.78 is 1.95. The number of nitrogens with one attached hydrogen (secondary N) is 1. The number of aromatic nitrogens is 3. The van der Waals surface area contributed by atoms with Gasteiger partial charge in [-0.15, -0.1) is 0 Å². The highest BCUT2D eigenvalue weighted by atomic mass is 15.3. The van der Waals surface area contributed by atoms with Gasteiger partial charge in [0.2, 0.25) is 0 Å². The van der Waals surface area contributed by atoms with E-state index >= 15 is 0 Å². The predicted octanol–water partition coefficient (Wildman–Crippen LogP) is 2.71. The van der Waals surface area contributed by atoms with Gasteiger partial charge in [0.15, 0.2) is 0 Å². The maximum atomic E-state index is 4.30. The van der Waals surface area contributed by atoms with E-state index in [1.807, 2.05) is 35.4 Å². The lowest BCUT2D eigenvalue weighted by molar-refractivity contribution is 0.494. The van der Waals surface area contributed by atoms with Crippen molar-refractivity contribution >= 4 is 0 Å². The molecule has 4 heteroatoms. The summed E-state index contributed by atoms with van der Waals surface area (Å²) in [6, 6.07) is 4.67. The summed E-state index contributed by atoms with van der Waals surface area (Å²) in [5.41, 5.74) is 2.47. The Morgan fingerprint density at radius 2 is 1.83 bits per heavy atom. The monoisotopic (exact) mass is 244 g/mol. The van der Waals surface area contributed by atoms with Crippen LogP contribution in [0, 0.1) is 0 Å². The molecule has 0 spiro atoms. The molecule has 2 aromatic heterocycles. The highest BCUT2D eigenvalue weighted by molar-refractivity contribution is 5.16. The Labute approximate surface area is 108 Å². The highest BCUT2D eigenvalue weighted by Gasteiger charge is 2.12. The van der Waals surface area contributed by atoms with Crippen LogP contribution in [0.5, 0.6) is 0 Å². The van der Waals surface area contributed by atoms with Crippen molar-refractivity contribution in [3.8, 4) is 0 Å². The summed E-state index contributed by atoms with van der Waals surface area (Å²) >= 11 is 0. The molecular weight excluding hydrogens is 224 g/mol. The lowest BCUT2D eigenvalue weighted by Gasteiger charge is -2.19. The van der Waals surface area contributed by atoms with Gasteiger partial charge < -0.3 is 5.32 Å². The molecule has 0 amide bonds. The van der Waals surface area contributed by atoms with E-state index in [0.717, 1.165) is 6.54 Å². The van der Waals surface area contributed by atoms with Gasteiger partial charge in [-0.2, -0.15) is 5.10 Å². The van der Waals surface area contributed by atoms with Crippen molar-refractivity contribution in [3.63, 3.8) is 0 Å². The van der Waals surface area contributed by atoms with Gasteiger partial charge in [0.25, 0.3) is 0 Å². The normalized spacial score (nSPS) is 14.4. The molecule has 2 rings (SSSR count). The van der Waals surface area contributed by atoms with Crippen molar-refractivity contribution in [1.29, 1.82) is 0 Å². The van der Waals surface area contributed by atoms with Crippen molar-refractivity contribution in [2.75, 3.05) is 0 Å². The van der Waals surface area contributed by atoms with Gasteiger partial charge >= 0.3 is 0 Å². The molecule has 4 nitrogen and oxygen atoms in total. The molecule has 0 radical (unpaired) electrons. The first kappa shape index (κ1) is 12.8. The zero-order valence-corrected chi connectivity index (χ0v) is 11.2. The number of hydrogen-bond donors (Lipinski definition) is 1. The second-order valence-electron chi connectivity index (χ2n) is 4.52. The summed E-state index contributed by atoms with van der Waals surface area (Å²) in [6.07, 6.45) is 7.68. The van der Waals surface area contributed by atoms with Crippen LogP contribution in [0.3, 0.4) is 0 Å². The molecule has 0 aliphatic heterocycles. The van der Waals surface area contributed by atoms with Crippen LogP contribution in [0.25, 0.3) is 0 Å². The molecule has 0 bridgehead atoms. The standard InChI is InChI=1S/C14H20N4/c1-4-18-10-14(9-16-18)12(3)17-11(2)13-5-7-15-8-6-13/h5-12,17H,4H2,1-3H3/t11-,12?/m0/s1. The minimum Gasteiger partial charge on any atom is -0.304 e. The first-order chi connectivity index (χ1) is 8.70. The third kappa shape index (κ3) is 2.96. The Morgan fingerprint density at radius 1 is 1.17 bits per heavy atom. The first-order valence-corrected chi connectivity index (χ1v) is 6.39. The molecule has 0 fully saturated rings. The first-order valence-electron chi connectivity index (χ1n) is 6.39. The maximum absolute atomic E-state index is 4.30. The SMILES string of the molecule is CCn1cc(C(C)N[C@@H](C)c2ccncc2)cn1. The molecule has 2 atom stereocenters. The summed E-state index contributed by atoms with van der Waals surface area (Å²) in [5, 5.41) is 7.87. The minimum atomic E-state index is 0.286. The Kier molecular flexibility index (Phi) is 4.10. The fourth-order valence-corrected chi connectivity index (χ4v) is 2.00. The Hall–Kier alpha value is -1.68. The van der Waals surface area contributed by atoms with E-state index in [2.05, 4.69) is 42.4 Å². The Balaban J connectivity index is 2.01. The molecule has 0 aliphatic carbocycles. The van der Waals surface area contributed by atoms with E-state index in [-0.39, 0.29) is 6.04 Å². The van der Waals surface area contributed by atoms with Crippen LogP contribution in [0.1, 0.15) is 44.0 Å². The van der Waals surface area contributed by atoms with Gasteiger partial charge in [-0.25, -0.2) is 0 Å². The van der Waals surface area contributed by atoms with Crippen molar-refractivity contribution in [1.82, 2.24) is 20.1 Å². The van der Waals surface area contributed by atoms with Crippen molar-refractivity contribution < 1.29 is 0 Å². The van der Waals surface area contributed by atoms with Gasteiger partial charge in [-0.1, -0.05) is 0 Å². The quantitative estimate of drug-likeness (QED) is 0.879. The van der Waals surface area contributed by atoms with E-state index in [1.54, 1.807) is 0 Å². The van der Waals surface area contributed by atoms with Crippen LogP contribution < -0.4 is 5.32 Å². The lowest BCUT2D eigenvalue weighted by Crippen LogP contribution is -2.22. The van der Waals surface area contributed by atoms with Gasteiger partial charge in [0.1, 0.15) is 0 Å². The fraction of sp³-hybridized carbons (Fsp3) is 0.429. The van der Waals surface area contributed by atoms with Crippen LogP contribution in [-0.2, 0) is 6.54 Å². The summed E-state index contributed by atoms with van der Waals surface area (Å²) in [7, 11) is 0. The van der Waals surface area contributed by atoms with Crippen molar-refractivity contribution in [2.24, 2.45) is 0 Å². The zero-order chi connectivity index (χ0) is 13.0. The average molecular weight is 244 g/mol. The van der Waals surface area contributed by atoms with Gasteiger partial charge in [-0.3, -0.25) is 9.67 Å². The largest absolute Gasteiger partial charge is 0.304 e. The molecular formula is C14H20N4. The molecule has 0 saturated heterocycles. The molecule has 0 aliphatic rings. The number of aryl methyl sites for hydroxylation is 1. The summed E-state index contributed by atoms with van der Waals surface area (Å²) in [5.74, 6) is 0. The maximum Gasteiger partial charge on any atom is 0.0537 e. The second kappa shape index (κ2) is 5.78. The van der Waals surface area contributed by atoms with Crippen LogP contribution in [0.4, 0.5) is 0 Å².